The van der Waals surface area contributed by atoms with Crippen LogP contribution in [0.15, 0.2) is 83.0 Å². The number of nitrogens with one attached hydrogen (secondary N) is 1. The minimum Gasteiger partial charge on any atom is -0.497 e. The Hall–Kier alpha value is -3.67. The average molecular weight is 361 g/mol. The number of rotatable bonds is 6. The molecule has 1 amide bonds. The molecule has 0 unspecified atom stereocenters. The first-order valence-electron chi connectivity index (χ1n) is 8.30. The van der Waals surface area contributed by atoms with Crippen molar-refractivity contribution < 1.29 is 14.3 Å². The van der Waals surface area contributed by atoms with Gasteiger partial charge < -0.3 is 14.8 Å². The van der Waals surface area contributed by atoms with E-state index < -0.39 is 0 Å². The number of benzene rings is 3. The lowest BCUT2D eigenvalue weighted by molar-refractivity contribution is 0.102. The van der Waals surface area contributed by atoms with Crippen LogP contribution in [0, 0.1) is 0 Å². The molecule has 0 bridgehead atoms. The van der Waals surface area contributed by atoms with Crippen LogP contribution in [0.2, 0.25) is 0 Å². The highest BCUT2D eigenvalue weighted by Gasteiger charge is 2.13. The fourth-order valence-electron chi connectivity index (χ4n) is 2.41. The molecule has 3 rings (SSSR count). The largest absolute Gasteiger partial charge is 0.497 e. The van der Waals surface area contributed by atoms with Gasteiger partial charge in [-0.2, -0.15) is 10.2 Å². The van der Waals surface area contributed by atoms with E-state index >= 15 is 0 Å². The van der Waals surface area contributed by atoms with Crippen molar-refractivity contribution in [2.24, 2.45) is 10.2 Å². The van der Waals surface area contributed by atoms with E-state index in [0.29, 0.717) is 28.4 Å². The Balaban J connectivity index is 1.69. The van der Waals surface area contributed by atoms with E-state index in [0.717, 1.165) is 5.69 Å². The molecular weight excluding hydrogens is 342 g/mol. The maximum absolute atomic E-state index is 12.5. The molecule has 0 saturated carbocycles. The van der Waals surface area contributed by atoms with E-state index in [9.17, 15) is 4.79 Å². The predicted octanol–water partition coefficient (Wildman–Crippen LogP) is 5.37. The van der Waals surface area contributed by atoms with Gasteiger partial charge in [-0.3, -0.25) is 4.79 Å². The van der Waals surface area contributed by atoms with Crippen molar-refractivity contribution in [2.45, 2.75) is 0 Å². The fourth-order valence-corrected chi connectivity index (χ4v) is 2.41. The summed E-state index contributed by atoms with van der Waals surface area (Å²) in [5.74, 6) is 0.796. The van der Waals surface area contributed by atoms with E-state index in [1.165, 1.54) is 7.11 Å². The lowest BCUT2D eigenvalue weighted by atomic mass is 10.1. The number of hydrogen-bond donors (Lipinski definition) is 1. The smallest absolute Gasteiger partial charge is 0.259 e. The zero-order valence-corrected chi connectivity index (χ0v) is 15.0. The van der Waals surface area contributed by atoms with E-state index in [1.807, 2.05) is 30.3 Å². The second-order valence-electron chi connectivity index (χ2n) is 5.60. The molecule has 136 valence electrons. The quantitative estimate of drug-likeness (QED) is 0.600. The molecule has 6 heteroatoms. The highest BCUT2D eigenvalue weighted by Crippen LogP contribution is 2.26. The summed E-state index contributed by atoms with van der Waals surface area (Å²) in [5, 5.41) is 11.2. The Labute approximate surface area is 157 Å². The summed E-state index contributed by atoms with van der Waals surface area (Å²) in [6, 6.07) is 21.6. The molecule has 3 aromatic carbocycles. The van der Waals surface area contributed by atoms with Gasteiger partial charge in [0.25, 0.3) is 5.91 Å². The van der Waals surface area contributed by atoms with Crippen LogP contribution in [0.25, 0.3) is 0 Å². The standard InChI is InChI=1S/C21H19N3O3/c1-26-18-12-13-19(20(14-18)27-2)21(25)22-15-8-10-17(11-9-15)24-23-16-6-4-3-5-7-16/h3-14H,1-2H3,(H,22,25). The highest BCUT2D eigenvalue weighted by atomic mass is 16.5. The van der Waals surface area contributed by atoms with Gasteiger partial charge in [-0.15, -0.1) is 0 Å². The molecule has 6 nitrogen and oxygen atoms in total. The van der Waals surface area contributed by atoms with Crippen molar-refractivity contribution in [3.8, 4) is 11.5 Å². The van der Waals surface area contributed by atoms with Crippen molar-refractivity contribution in [3.63, 3.8) is 0 Å². The maximum atomic E-state index is 12.5. The molecule has 0 aliphatic rings. The number of ether oxygens (including phenoxy) is 2. The zero-order chi connectivity index (χ0) is 19.1. The molecule has 3 aromatic rings. The maximum Gasteiger partial charge on any atom is 0.259 e. The topological polar surface area (TPSA) is 72.3 Å². The number of anilines is 1. The Kier molecular flexibility index (Phi) is 5.79. The van der Waals surface area contributed by atoms with E-state index in [2.05, 4.69) is 15.5 Å². The first-order chi connectivity index (χ1) is 13.2. The van der Waals surface area contributed by atoms with Crippen molar-refractivity contribution in [1.82, 2.24) is 0 Å². The first-order valence-corrected chi connectivity index (χ1v) is 8.30. The first kappa shape index (κ1) is 18.1. The van der Waals surface area contributed by atoms with Crippen LogP contribution in [0.5, 0.6) is 11.5 Å². The minimum absolute atomic E-state index is 0.270. The molecule has 0 spiro atoms. The molecule has 0 atom stereocenters. The Morgan fingerprint density at radius 2 is 1.48 bits per heavy atom. The van der Waals surface area contributed by atoms with Crippen molar-refractivity contribution in [1.29, 1.82) is 0 Å². The Morgan fingerprint density at radius 3 is 2.11 bits per heavy atom. The lowest BCUT2D eigenvalue weighted by Crippen LogP contribution is -2.13. The van der Waals surface area contributed by atoms with Crippen molar-refractivity contribution in [2.75, 3.05) is 19.5 Å². The van der Waals surface area contributed by atoms with E-state index in [-0.39, 0.29) is 5.91 Å². The third-order valence-corrected chi connectivity index (χ3v) is 3.82. The Bertz CT molecular complexity index is 939. The molecule has 0 aromatic heterocycles. The van der Waals surface area contributed by atoms with Gasteiger partial charge in [0.15, 0.2) is 0 Å². The molecule has 0 radical (unpaired) electrons. The predicted molar refractivity (Wildman–Crippen MR) is 105 cm³/mol. The second kappa shape index (κ2) is 8.62. The summed E-state index contributed by atoms with van der Waals surface area (Å²) in [7, 11) is 3.07. The third kappa shape index (κ3) is 4.70. The monoisotopic (exact) mass is 361 g/mol. The Morgan fingerprint density at radius 1 is 0.815 bits per heavy atom. The van der Waals surface area contributed by atoms with Crippen molar-refractivity contribution in [3.05, 3.63) is 78.4 Å². The molecule has 0 aliphatic carbocycles. The highest BCUT2D eigenvalue weighted by molar-refractivity contribution is 6.06. The number of carbonyl (C=O) groups excluding carboxylic acids is 1. The van der Waals surface area contributed by atoms with Crippen LogP contribution < -0.4 is 14.8 Å². The summed E-state index contributed by atoms with van der Waals surface area (Å²) >= 11 is 0. The number of amides is 1. The number of nitrogens with zero attached hydrogens (tertiary/aromatic N) is 2. The average Bonchev–Trinajstić information content (AvgIpc) is 2.73. The second-order valence-corrected chi connectivity index (χ2v) is 5.60. The van der Waals surface area contributed by atoms with Crippen LogP contribution in [0.4, 0.5) is 17.1 Å². The van der Waals surface area contributed by atoms with Gasteiger partial charge in [0.1, 0.15) is 11.5 Å². The molecule has 0 heterocycles. The zero-order valence-electron chi connectivity index (χ0n) is 15.0. The van der Waals surface area contributed by atoms with Crippen LogP contribution in [0.1, 0.15) is 10.4 Å². The fraction of sp³-hybridized carbons (Fsp3) is 0.0952. The van der Waals surface area contributed by atoms with Crippen LogP contribution in [-0.4, -0.2) is 20.1 Å². The number of carbonyl (C=O) groups is 1. The summed E-state index contributed by atoms with van der Waals surface area (Å²) < 4.78 is 10.4. The van der Waals surface area contributed by atoms with Crippen LogP contribution in [-0.2, 0) is 0 Å². The molecule has 0 saturated heterocycles. The van der Waals surface area contributed by atoms with Gasteiger partial charge >= 0.3 is 0 Å². The van der Waals surface area contributed by atoms with Gasteiger partial charge in [0.2, 0.25) is 0 Å². The molecule has 0 fully saturated rings. The molecule has 27 heavy (non-hydrogen) atoms. The molecular formula is C21H19N3O3. The summed E-state index contributed by atoms with van der Waals surface area (Å²) in [6.45, 7) is 0. The van der Waals surface area contributed by atoms with Gasteiger partial charge in [-0.05, 0) is 48.5 Å². The van der Waals surface area contributed by atoms with Gasteiger partial charge in [0.05, 0.1) is 31.2 Å². The van der Waals surface area contributed by atoms with Crippen molar-refractivity contribution >= 4 is 23.0 Å². The number of methoxy groups -OCH3 is 2. The SMILES string of the molecule is COc1ccc(C(=O)Nc2ccc(N=Nc3ccccc3)cc2)c(OC)c1. The van der Waals surface area contributed by atoms with Gasteiger partial charge in [-0.25, -0.2) is 0 Å². The molecule has 0 aliphatic heterocycles. The van der Waals surface area contributed by atoms with Crippen LogP contribution >= 0.6 is 0 Å². The van der Waals surface area contributed by atoms with E-state index in [4.69, 9.17) is 9.47 Å². The minimum atomic E-state index is -0.270. The normalized spacial score (nSPS) is 10.6. The lowest BCUT2D eigenvalue weighted by Gasteiger charge is -2.11. The van der Waals surface area contributed by atoms with Gasteiger partial charge in [0, 0.05) is 11.8 Å². The molecule has 1 N–H and O–H groups in total. The number of azo groups is 1. The van der Waals surface area contributed by atoms with Crippen LogP contribution in [0.3, 0.4) is 0 Å². The number of hydrogen-bond acceptors (Lipinski definition) is 5. The summed E-state index contributed by atoms with van der Waals surface area (Å²) in [5.41, 5.74) is 2.54. The van der Waals surface area contributed by atoms with Gasteiger partial charge in [-0.1, -0.05) is 18.2 Å². The summed E-state index contributed by atoms with van der Waals surface area (Å²) in [4.78, 5) is 12.5. The third-order valence-electron chi connectivity index (χ3n) is 3.82. The van der Waals surface area contributed by atoms with E-state index in [1.54, 1.807) is 49.6 Å². The summed E-state index contributed by atoms with van der Waals surface area (Å²) in [6.07, 6.45) is 0.